The molecule has 0 aliphatic heterocycles. The number of carbonyl (C=O) groups is 1. The van der Waals surface area contributed by atoms with Gasteiger partial charge in [0.05, 0.1) is 22.1 Å². The van der Waals surface area contributed by atoms with Crippen molar-refractivity contribution in [1.82, 2.24) is 0 Å². The van der Waals surface area contributed by atoms with Crippen LogP contribution in [0.4, 0.5) is 0 Å². The van der Waals surface area contributed by atoms with Crippen LogP contribution in [0.5, 0.6) is 0 Å². The van der Waals surface area contributed by atoms with Gasteiger partial charge in [0.1, 0.15) is 10.5 Å². The fourth-order valence-electron chi connectivity index (χ4n) is 3.98. The van der Waals surface area contributed by atoms with Crippen LogP contribution >= 0.6 is 0 Å². The lowest BCUT2D eigenvalue weighted by Crippen LogP contribution is -2.11. The number of benzene rings is 2. The summed E-state index contributed by atoms with van der Waals surface area (Å²) < 4.78 is 31.9. The zero-order valence-electron chi connectivity index (χ0n) is 18.6. The molecule has 7 heteroatoms. The Balaban J connectivity index is 2.13. The standard InChI is InChI=1S/C25H30O6S/c1-3-5-6-7-8-9-10-17-14-20-23(26)19-16-18(25(27)28)11-12-21(19)31-24(20)22(15-17)32(29,30)13-4-2/h11-12,14-16H,3-10,13H2,1-2H3,(H,27,28). The van der Waals surface area contributed by atoms with E-state index in [9.17, 15) is 23.1 Å². The highest BCUT2D eigenvalue weighted by Gasteiger charge is 2.22. The predicted octanol–water partition coefficient (Wildman–Crippen LogP) is 5.73. The van der Waals surface area contributed by atoms with Gasteiger partial charge >= 0.3 is 5.97 Å². The Bertz CT molecular complexity index is 1290. The third-order valence-corrected chi connectivity index (χ3v) is 7.59. The molecule has 2 aromatic carbocycles. The lowest BCUT2D eigenvalue weighted by molar-refractivity contribution is 0.0697. The van der Waals surface area contributed by atoms with Crippen LogP contribution in [0.3, 0.4) is 0 Å². The molecule has 0 saturated heterocycles. The largest absolute Gasteiger partial charge is 0.478 e. The molecule has 0 aliphatic rings. The first-order valence-electron chi connectivity index (χ1n) is 11.3. The molecule has 3 aromatic rings. The first-order valence-corrected chi connectivity index (χ1v) is 12.9. The van der Waals surface area contributed by atoms with Gasteiger partial charge in [0.2, 0.25) is 5.43 Å². The number of rotatable bonds is 11. The summed E-state index contributed by atoms with van der Waals surface area (Å²) in [6.07, 6.45) is 7.78. The molecular weight excluding hydrogens is 428 g/mol. The molecule has 0 aliphatic carbocycles. The first kappa shape index (κ1) is 24.0. The van der Waals surface area contributed by atoms with E-state index in [2.05, 4.69) is 6.92 Å². The van der Waals surface area contributed by atoms with Crippen LogP contribution in [0.1, 0.15) is 74.7 Å². The van der Waals surface area contributed by atoms with E-state index in [0.717, 1.165) is 24.8 Å². The molecule has 1 N–H and O–H groups in total. The number of aromatic carboxylic acids is 1. The van der Waals surface area contributed by atoms with Gasteiger partial charge in [0, 0.05) is 0 Å². The van der Waals surface area contributed by atoms with Gasteiger partial charge in [-0.05, 0) is 55.2 Å². The summed E-state index contributed by atoms with van der Waals surface area (Å²) in [4.78, 5) is 24.6. The molecule has 0 bridgehead atoms. The zero-order valence-corrected chi connectivity index (χ0v) is 19.5. The Morgan fingerprint density at radius 3 is 2.34 bits per heavy atom. The second-order valence-corrected chi connectivity index (χ2v) is 10.3. The Hall–Kier alpha value is -2.67. The molecule has 1 heterocycles. The number of hydrogen-bond acceptors (Lipinski definition) is 5. The van der Waals surface area contributed by atoms with Crippen molar-refractivity contribution in [2.45, 2.75) is 70.1 Å². The minimum atomic E-state index is -3.64. The van der Waals surface area contributed by atoms with E-state index in [1.165, 1.54) is 37.5 Å². The third kappa shape index (κ3) is 5.21. The molecule has 0 spiro atoms. The van der Waals surface area contributed by atoms with Gasteiger partial charge in [-0.1, -0.05) is 46.0 Å². The van der Waals surface area contributed by atoms with Gasteiger partial charge in [0.15, 0.2) is 15.4 Å². The average molecular weight is 459 g/mol. The van der Waals surface area contributed by atoms with Crippen LogP contribution in [0.25, 0.3) is 21.9 Å². The van der Waals surface area contributed by atoms with Crippen molar-refractivity contribution in [3.63, 3.8) is 0 Å². The number of aryl methyl sites for hydroxylation is 1. The zero-order chi connectivity index (χ0) is 23.3. The second kappa shape index (κ2) is 10.3. The molecule has 0 amide bonds. The maximum Gasteiger partial charge on any atom is 0.335 e. The minimum absolute atomic E-state index is 0.0220. The van der Waals surface area contributed by atoms with Crippen LogP contribution in [-0.4, -0.2) is 25.2 Å². The molecule has 0 fully saturated rings. The van der Waals surface area contributed by atoms with E-state index in [0.29, 0.717) is 12.8 Å². The quantitative estimate of drug-likeness (QED) is 0.291. The number of fused-ring (bicyclic) bond motifs is 2. The van der Waals surface area contributed by atoms with Crippen LogP contribution < -0.4 is 5.43 Å². The normalized spacial score (nSPS) is 11.9. The van der Waals surface area contributed by atoms with Crippen molar-refractivity contribution in [2.24, 2.45) is 0 Å². The van der Waals surface area contributed by atoms with Crippen molar-refractivity contribution in [3.8, 4) is 0 Å². The monoisotopic (exact) mass is 458 g/mol. The van der Waals surface area contributed by atoms with E-state index < -0.39 is 21.2 Å². The highest BCUT2D eigenvalue weighted by molar-refractivity contribution is 7.91. The predicted molar refractivity (Wildman–Crippen MR) is 126 cm³/mol. The second-order valence-electron chi connectivity index (χ2n) is 8.25. The number of hydrogen-bond donors (Lipinski definition) is 1. The van der Waals surface area contributed by atoms with E-state index in [4.69, 9.17) is 4.42 Å². The molecule has 3 rings (SSSR count). The first-order chi connectivity index (χ1) is 15.3. The summed E-state index contributed by atoms with van der Waals surface area (Å²) >= 11 is 0. The lowest BCUT2D eigenvalue weighted by atomic mass is 10.0. The molecule has 6 nitrogen and oxygen atoms in total. The Morgan fingerprint density at radius 2 is 1.66 bits per heavy atom. The highest BCUT2D eigenvalue weighted by atomic mass is 32.2. The lowest BCUT2D eigenvalue weighted by Gasteiger charge is -2.11. The SMILES string of the molecule is CCCCCCCCc1cc(S(=O)(=O)CCC)c2oc3ccc(C(=O)O)cc3c(=O)c2c1. The highest BCUT2D eigenvalue weighted by Crippen LogP contribution is 2.29. The minimum Gasteiger partial charge on any atom is -0.478 e. The fraction of sp³-hybridized carbons (Fsp3) is 0.440. The van der Waals surface area contributed by atoms with Crippen molar-refractivity contribution < 1.29 is 22.7 Å². The number of unbranched alkanes of at least 4 members (excludes halogenated alkanes) is 5. The van der Waals surface area contributed by atoms with Crippen LogP contribution in [-0.2, 0) is 16.3 Å². The molecule has 32 heavy (non-hydrogen) atoms. The van der Waals surface area contributed by atoms with Gasteiger partial charge in [-0.2, -0.15) is 0 Å². The smallest absolute Gasteiger partial charge is 0.335 e. The Kier molecular flexibility index (Phi) is 7.72. The van der Waals surface area contributed by atoms with Gasteiger partial charge < -0.3 is 9.52 Å². The summed E-state index contributed by atoms with van der Waals surface area (Å²) in [6.45, 7) is 3.96. The van der Waals surface area contributed by atoms with Gasteiger partial charge in [-0.3, -0.25) is 4.79 Å². The molecule has 0 unspecified atom stereocenters. The van der Waals surface area contributed by atoms with Crippen molar-refractivity contribution >= 4 is 37.7 Å². The van der Waals surface area contributed by atoms with Crippen molar-refractivity contribution in [1.29, 1.82) is 0 Å². The average Bonchev–Trinajstić information content (AvgIpc) is 2.76. The summed E-state index contributed by atoms with van der Waals surface area (Å²) in [7, 11) is -3.64. The van der Waals surface area contributed by atoms with Gasteiger partial charge in [-0.25, -0.2) is 13.2 Å². The summed E-state index contributed by atoms with van der Waals surface area (Å²) in [5, 5.41) is 9.58. The summed E-state index contributed by atoms with van der Waals surface area (Å²) in [6, 6.07) is 7.36. The van der Waals surface area contributed by atoms with Crippen molar-refractivity contribution in [3.05, 3.63) is 51.7 Å². The van der Waals surface area contributed by atoms with Crippen molar-refractivity contribution in [2.75, 3.05) is 5.75 Å². The maximum atomic E-state index is 13.3. The summed E-state index contributed by atoms with van der Waals surface area (Å²) in [5.41, 5.74) is 0.562. The van der Waals surface area contributed by atoms with E-state index >= 15 is 0 Å². The van der Waals surface area contributed by atoms with Crippen LogP contribution in [0, 0.1) is 0 Å². The number of sulfone groups is 1. The van der Waals surface area contributed by atoms with Crippen LogP contribution in [0.15, 0.2) is 44.4 Å². The third-order valence-electron chi connectivity index (χ3n) is 5.67. The molecule has 1 aromatic heterocycles. The molecule has 0 saturated carbocycles. The van der Waals surface area contributed by atoms with Gasteiger partial charge in [0.25, 0.3) is 0 Å². The van der Waals surface area contributed by atoms with Crippen LogP contribution in [0.2, 0.25) is 0 Å². The van der Waals surface area contributed by atoms with E-state index in [1.807, 2.05) is 0 Å². The molecule has 0 radical (unpaired) electrons. The van der Waals surface area contributed by atoms with Gasteiger partial charge in [-0.15, -0.1) is 0 Å². The maximum absolute atomic E-state index is 13.3. The van der Waals surface area contributed by atoms with E-state index in [1.54, 1.807) is 19.1 Å². The fourth-order valence-corrected chi connectivity index (χ4v) is 5.50. The Labute approximate surface area is 188 Å². The summed E-state index contributed by atoms with van der Waals surface area (Å²) in [5.74, 6) is -1.18. The topological polar surface area (TPSA) is 102 Å². The molecular formula is C25H30O6S. The molecule has 0 atom stereocenters. The molecule has 172 valence electrons. The van der Waals surface area contributed by atoms with E-state index in [-0.39, 0.29) is 38.2 Å². The Morgan fingerprint density at radius 1 is 0.938 bits per heavy atom. The number of carboxylic acid groups (broad SMARTS) is 1. The number of carboxylic acids is 1.